The van der Waals surface area contributed by atoms with Gasteiger partial charge in [0, 0.05) is 27.2 Å². The monoisotopic (exact) mass is 381 g/mol. The minimum atomic E-state index is -1.04. The highest BCUT2D eigenvalue weighted by molar-refractivity contribution is 5.71. The second-order valence-electron chi connectivity index (χ2n) is 7.30. The SMILES string of the molecule is C[C@@H]1CN(Cc2nc3c(c(=O)n(C)c(=O)n3C)n2C[C@@H](O)CO)C[C@H](C)O1. The lowest BCUT2D eigenvalue weighted by Crippen LogP contribution is -2.45. The number of aliphatic hydroxyl groups excluding tert-OH is 2. The van der Waals surface area contributed by atoms with Crippen LogP contribution in [0.1, 0.15) is 19.7 Å². The smallest absolute Gasteiger partial charge is 0.332 e. The number of aryl methyl sites for hydroxylation is 1. The molecule has 0 unspecified atom stereocenters. The Hall–Kier alpha value is -2.01. The molecule has 10 heteroatoms. The van der Waals surface area contributed by atoms with Crippen LogP contribution in [0.15, 0.2) is 9.59 Å². The molecule has 0 spiro atoms. The summed E-state index contributed by atoms with van der Waals surface area (Å²) in [4.78, 5) is 31.7. The van der Waals surface area contributed by atoms with Crippen LogP contribution in [0, 0.1) is 0 Å². The Morgan fingerprint density at radius 2 is 1.81 bits per heavy atom. The van der Waals surface area contributed by atoms with Gasteiger partial charge in [-0.25, -0.2) is 9.78 Å². The van der Waals surface area contributed by atoms with Crippen LogP contribution < -0.4 is 11.2 Å². The topological polar surface area (TPSA) is 115 Å². The van der Waals surface area contributed by atoms with Gasteiger partial charge in [0.05, 0.1) is 38.0 Å². The Bertz CT molecular complexity index is 936. The van der Waals surface area contributed by atoms with E-state index in [9.17, 15) is 19.8 Å². The predicted molar refractivity (Wildman–Crippen MR) is 98.6 cm³/mol. The summed E-state index contributed by atoms with van der Waals surface area (Å²) in [6.07, 6.45) is -0.885. The van der Waals surface area contributed by atoms with Crippen molar-refractivity contribution in [2.75, 3.05) is 19.7 Å². The van der Waals surface area contributed by atoms with Crippen molar-refractivity contribution in [3.05, 3.63) is 26.7 Å². The number of morpholine rings is 1. The second-order valence-corrected chi connectivity index (χ2v) is 7.30. The molecular formula is C17H27N5O5. The van der Waals surface area contributed by atoms with Crippen LogP contribution in [-0.2, 0) is 31.9 Å². The Labute approximate surface area is 156 Å². The van der Waals surface area contributed by atoms with E-state index in [1.165, 1.54) is 11.6 Å². The van der Waals surface area contributed by atoms with Crippen molar-refractivity contribution < 1.29 is 14.9 Å². The lowest BCUT2D eigenvalue weighted by Gasteiger charge is -2.35. The lowest BCUT2D eigenvalue weighted by molar-refractivity contribution is -0.0713. The molecule has 2 aromatic heterocycles. The first-order valence-corrected chi connectivity index (χ1v) is 9.04. The molecule has 3 heterocycles. The summed E-state index contributed by atoms with van der Waals surface area (Å²) in [5.74, 6) is 0.567. The number of hydrogen-bond donors (Lipinski definition) is 2. The van der Waals surface area contributed by atoms with Gasteiger partial charge in [0.1, 0.15) is 5.82 Å². The third-order valence-corrected chi connectivity index (χ3v) is 4.89. The molecule has 150 valence electrons. The van der Waals surface area contributed by atoms with E-state index in [-0.39, 0.29) is 29.9 Å². The first-order chi connectivity index (χ1) is 12.7. The Kier molecular flexibility index (Phi) is 5.52. The van der Waals surface area contributed by atoms with Gasteiger partial charge in [-0.15, -0.1) is 0 Å². The third kappa shape index (κ3) is 3.70. The van der Waals surface area contributed by atoms with Gasteiger partial charge in [-0.3, -0.25) is 18.8 Å². The number of rotatable bonds is 5. The summed E-state index contributed by atoms with van der Waals surface area (Å²) < 4.78 is 9.72. The zero-order valence-electron chi connectivity index (χ0n) is 16.1. The van der Waals surface area contributed by atoms with Gasteiger partial charge < -0.3 is 19.5 Å². The molecule has 0 saturated carbocycles. The van der Waals surface area contributed by atoms with E-state index in [0.29, 0.717) is 25.5 Å². The molecule has 10 nitrogen and oxygen atoms in total. The van der Waals surface area contributed by atoms with Crippen LogP contribution in [0.2, 0.25) is 0 Å². The molecule has 1 saturated heterocycles. The molecule has 0 aliphatic carbocycles. The molecule has 2 N–H and O–H groups in total. The molecule has 0 radical (unpaired) electrons. The number of aromatic nitrogens is 4. The van der Waals surface area contributed by atoms with E-state index in [1.807, 2.05) is 13.8 Å². The fraction of sp³-hybridized carbons (Fsp3) is 0.706. The van der Waals surface area contributed by atoms with Gasteiger partial charge in [0.2, 0.25) is 0 Å². The Morgan fingerprint density at radius 1 is 1.19 bits per heavy atom. The minimum absolute atomic E-state index is 0.0191. The number of nitrogens with zero attached hydrogens (tertiary/aromatic N) is 5. The number of fused-ring (bicyclic) bond motifs is 1. The highest BCUT2D eigenvalue weighted by atomic mass is 16.5. The molecule has 0 amide bonds. The van der Waals surface area contributed by atoms with E-state index in [1.54, 1.807) is 11.6 Å². The number of imidazole rings is 1. The van der Waals surface area contributed by atoms with Gasteiger partial charge in [0.25, 0.3) is 5.56 Å². The Morgan fingerprint density at radius 3 is 2.41 bits per heavy atom. The number of aliphatic hydroxyl groups is 2. The predicted octanol–water partition coefficient (Wildman–Crippen LogP) is -1.60. The summed E-state index contributed by atoms with van der Waals surface area (Å²) in [7, 11) is 2.97. The zero-order chi connectivity index (χ0) is 19.9. The quantitative estimate of drug-likeness (QED) is 0.641. The van der Waals surface area contributed by atoms with Crippen molar-refractivity contribution in [1.82, 2.24) is 23.6 Å². The molecule has 0 bridgehead atoms. The van der Waals surface area contributed by atoms with Gasteiger partial charge in [-0.1, -0.05) is 0 Å². The van der Waals surface area contributed by atoms with E-state index < -0.39 is 24.0 Å². The van der Waals surface area contributed by atoms with Gasteiger partial charge in [0.15, 0.2) is 11.2 Å². The van der Waals surface area contributed by atoms with E-state index in [0.717, 1.165) is 4.57 Å². The first kappa shape index (κ1) is 19.7. The molecule has 3 atom stereocenters. The summed E-state index contributed by atoms with van der Waals surface area (Å²) in [6, 6.07) is 0. The van der Waals surface area contributed by atoms with Crippen LogP contribution in [0.25, 0.3) is 11.2 Å². The summed E-state index contributed by atoms with van der Waals surface area (Å²) in [5.41, 5.74) is -0.408. The minimum Gasteiger partial charge on any atom is -0.394 e. The maximum absolute atomic E-state index is 12.7. The molecule has 27 heavy (non-hydrogen) atoms. The van der Waals surface area contributed by atoms with Crippen LogP contribution in [-0.4, -0.2) is 71.8 Å². The molecule has 0 aromatic carbocycles. The lowest BCUT2D eigenvalue weighted by atomic mass is 10.2. The summed E-state index contributed by atoms with van der Waals surface area (Å²) >= 11 is 0. The second kappa shape index (κ2) is 7.55. The summed E-state index contributed by atoms with van der Waals surface area (Å²) in [6.45, 7) is 5.46. The summed E-state index contributed by atoms with van der Waals surface area (Å²) in [5, 5.41) is 19.2. The normalized spacial score (nSPS) is 22.4. The first-order valence-electron chi connectivity index (χ1n) is 9.04. The fourth-order valence-corrected chi connectivity index (χ4v) is 3.69. The van der Waals surface area contributed by atoms with Crippen LogP contribution >= 0.6 is 0 Å². The van der Waals surface area contributed by atoms with Gasteiger partial charge >= 0.3 is 5.69 Å². The maximum Gasteiger partial charge on any atom is 0.332 e. The van der Waals surface area contributed by atoms with Crippen LogP contribution in [0.3, 0.4) is 0 Å². The number of ether oxygens (including phenoxy) is 1. The average Bonchev–Trinajstić information content (AvgIpc) is 2.95. The van der Waals surface area contributed by atoms with Gasteiger partial charge in [-0.2, -0.15) is 0 Å². The zero-order valence-corrected chi connectivity index (χ0v) is 16.1. The van der Waals surface area contributed by atoms with E-state index >= 15 is 0 Å². The molecular weight excluding hydrogens is 354 g/mol. The maximum atomic E-state index is 12.7. The molecule has 1 fully saturated rings. The van der Waals surface area contributed by atoms with Crippen molar-refractivity contribution >= 4 is 11.2 Å². The molecule has 1 aliphatic rings. The standard InChI is InChI=1S/C17H27N5O5/c1-10-5-21(6-11(2)27-10)8-13-18-15-14(22(13)7-12(24)9-23)16(25)20(4)17(26)19(15)3/h10-12,23-24H,5-9H2,1-4H3/t10-,11+,12-/m1/s1. The van der Waals surface area contributed by atoms with Crippen molar-refractivity contribution in [1.29, 1.82) is 0 Å². The molecule has 2 aromatic rings. The highest BCUT2D eigenvalue weighted by Crippen LogP contribution is 2.17. The molecule has 3 rings (SSSR count). The van der Waals surface area contributed by atoms with Crippen molar-refractivity contribution in [3.8, 4) is 0 Å². The van der Waals surface area contributed by atoms with Crippen LogP contribution in [0.5, 0.6) is 0 Å². The third-order valence-electron chi connectivity index (χ3n) is 4.89. The average molecular weight is 381 g/mol. The van der Waals surface area contributed by atoms with Crippen LogP contribution in [0.4, 0.5) is 0 Å². The van der Waals surface area contributed by atoms with Crippen molar-refractivity contribution in [3.63, 3.8) is 0 Å². The van der Waals surface area contributed by atoms with E-state index in [4.69, 9.17) is 4.74 Å². The molecule has 1 aliphatic heterocycles. The largest absolute Gasteiger partial charge is 0.394 e. The number of hydrogen-bond acceptors (Lipinski definition) is 7. The van der Waals surface area contributed by atoms with E-state index in [2.05, 4.69) is 9.88 Å². The Balaban J connectivity index is 2.12. The van der Waals surface area contributed by atoms with Crippen molar-refractivity contribution in [2.24, 2.45) is 14.1 Å². The van der Waals surface area contributed by atoms with Crippen molar-refractivity contribution in [2.45, 2.75) is 45.2 Å². The highest BCUT2D eigenvalue weighted by Gasteiger charge is 2.26. The van der Waals surface area contributed by atoms with Gasteiger partial charge in [-0.05, 0) is 13.8 Å². The fourth-order valence-electron chi connectivity index (χ4n) is 3.69.